The van der Waals surface area contributed by atoms with Crippen LogP contribution in [0, 0.1) is 29.1 Å². The van der Waals surface area contributed by atoms with Gasteiger partial charge in [0.15, 0.2) is 0 Å². The van der Waals surface area contributed by atoms with Crippen LogP contribution in [-0.2, 0) is 0 Å². The third-order valence-electron chi connectivity index (χ3n) is 4.35. The van der Waals surface area contributed by atoms with Crippen LogP contribution in [-0.4, -0.2) is 0 Å². The lowest BCUT2D eigenvalue weighted by Crippen LogP contribution is -2.19. The average molecular weight is 193 g/mol. The zero-order valence-electron chi connectivity index (χ0n) is 8.30. The average Bonchev–Trinajstić information content (AvgIpc) is 3.05. The number of rotatable bonds is 0. The Labute approximate surface area is 89.0 Å². The Morgan fingerprint density at radius 1 is 0.933 bits per heavy atom. The summed E-state index contributed by atoms with van der Waals surface area (Å²) in [7, 11) is 0. The van der Waals surface area contributed by atoms with E-state index in [9.17, 15) is 0 Å². The standard InChI is InChI=1S/C14H11N/c15-7-12-13-10-5-6-11(14(12)13)9-4-2-1-3-8(9)10/h1-6,10-14H/t10-,11+,12?,13+,14-. The van der Waals surface area contributed by atoms with Gasteiger partial charge in [0, 0.05) is 11.8 Å². The van der Waals surface area contributed by atoms with E-state index < -0.39 is 0 Å². The van der Waals surface area contributed by atoms with Gasteiger partial charge in [0.25, 0.3) is 0 Å². The molecule has 15 heavy (non-hydrogen) atoms. The molecule has 5 atom stereocenters. The van der Waals surface area contributed by atoms with Crippen molar-refractivity contribution in [3.8, 4) is 6.07 Å². The molecule has 1 saturated carbocycles. The fourth-order valence-electron chi connectivity index (χ4n) is 3.69. The molecule has 0 N–H and O–H groups in total. The SMILES string of the molecule is N#CC1[C@@H]2[C@H]1[C@@H]1C=C[C@H]2c2ccccc21. The van der Waals surface area contributed by atoms with E-state index in [2.05, 4.69) is 42.5 Å². The minimum absolute atomic E-state index is 0.308. The van der Waals surface area contributed by atoms with Gasteiger partial charge in [-0.15, -0.1) is 0 Å². The second-order valence-electron chi connectivity index (χ2n) is 4.87. The van der Waals surface area contributed by atoms with Gasteiger partial charge in [-0.2, -0.15) is 5.26 Å². The first-order chi connectivity index (χ1) is 7.42. The first kappa shape index (κ1) is 7.70. The summed E-state index contributed by atoms with van der Waals surface area (Å²) in [4.78, 5) is 0. The summed E-state index contributed by atoms with van der Waals surface area (Å²) in [5, 5.41) is 9.10. The smallest absolute Gasteiger partial charge is 0.0662 e. The van der Waals surface area contributed by atoms with Gasteiger partial charge in [-0.1, -0.05) is 36.4 Å². The predicted octanol–water partition coefficient (Wildman–Crippen LogP) is 2.82. The lowest BCUT2D eigenvalue weighted by atomic mass is 9.72. The molecule has 0 aliphatic heterocycles. The van der Waals surface area contributed by atoms with Crippen LogP contribution < -0.4 is 0 Å². The van der Waals surface area contributed by atoms with Crippen molar-refractivity contribution in [3.63, 3.8) is 0 Å². The van der Waals surface area contributed by atoms with Crippen molar-refractivity contribution in [1.82, 2.24) is 0 Å². The Bertz CT molecular complexity index is 469. The summed E-state index contributed by atoms with van der Waals surface area (Å²) in [6.45, 7) is 0. The number of benzene rings is 1. The Morgan fingerprint density at radius 2 is 1.47 bits per heavy atom. The van der Waals surface area contributed by atoms with Crippen LogP contribution in [0.5, 0.6) is 0 Å². The summed E-state index contributed by atoms with van der Waals surface area (Å²) in [5.41, 5.74) is 2.95. The molecule has 1 heteroatoms. The summed E-state index contributed by atoms with van der Waals surface area (Å²) < 4.78 is 0. The van der Waals surface area contributed by atoms with E-state index >= 15 is 0 Å². The lowest BCUT2D eigenvalue weighted by Gasteiger charge is -2.32. The molecule has 0 heterocycles. The third-order valence-corrected chi connectivity index (χ3v) is 4.35. The molecule has 0 radical (unpaired) electrons. The highest BCUT2D eigenvalue weighted by atomic mass is 14.6. The number of allylic oxidation sites excluding steroid dienone is 2. The van der Waals surface area contributed by atoms with E-state index in [0.717, 1.165) is 0 Å². The Hall–Kier alpha value is -1.55. The lowest BCUT2D eigenvalue weighted by molar-refractivity contribution is 0.523. The van der Waals surface area contributed by atoms with Gasteiger partial charge in [-0.05, 0) is 23.0 Å². The van der Waals surface area contributed by atoms with Crippen LogP contribution in [0.1, 0.15) is 23.0 Å². The highest BCUT2D eigenvalue weighted by Gasteiger charge is 2.62. The summed E-state index contributed by atoms with van der Waals surface area (Å²) in [6, 6.07) is 11.2. The summed E-state index contributed by atoms with van der Waals surface area (Å²) >= 11 is 0. The summed E-state index contributed by atoms with van der Waals surface area (Å²) in [5.74, 6) is 2.61. The highest BCUT2D eigenvalue weighted by Crippen LogP contribution is 2.67. The Balaban J connectivity index is 1.92. The maximum Gasteiger partial charge on any atom is 0.0662 e. The van der Waals surface area contributed by atoms with E-state index in [1.54, 1.807) is 0 Å². The van der Waals surface area contributed by atoms with Crippen LogP contribution in [0.15, 0.2) is 36.4 Å². The van der Waals surface area contributed by atoms with E-state index in [-0.39, 0.29) is 0 Å². The van der Waals surface area contributed by atoms with E-state index in [1.165, 1.54) is 11.1 Å². The second-order valence-corrected chi connectivity index (χ2v) is 4.87. The maximum absolute atomic E-state index is 9.10. The van der Waals surface area contributed by atoms with Crippen LogP contribution >= 0.6 is 0 Å². The molecule has 4 aliphatic rings. The van der Waals surface area contributed by atoms with Crippen LogP contribution in [0.25, 0.3) is 0 Å². The van der Waals surface area contributed by atoms with Gasteiger partial charge in [0.1, 0.15) is 0 Å². The Kier molecular flexibility index (Phi) is 1.20. The monoisotopic (exact) mass is 193 g/mol. The van der Waals surface area contributed by atoms with Crippen LogP contribution in [0.2, 0.25) is 0 Å². The molecule has 1 fully saturated rings. The number of nitrogens with zero attached hydrogens (tertiary/aromatic N) is 1. The molecule has 1 aromatic carbocycles. The molecular formula is C14H11N. The first-order valence-electron chi connectivity index (χ1n) is 5.58. The largest absolute Gasteiger partial charge is 0.198 e. The maximum atomic E-state index is 9.10. The van der Waals surface area contributed by atoms with Crippen molar-refractivity contribution < 1.29 is 0 Å². The van der Waals surface area contributed by atoms with Crippen molar-refractivity contribution >= 4 is 0 Å². The van der Waals surface area contributed by atoms with Crippen LogP contribution in [0.4, 0.5) is 0 Å². The molecule has 0 aromatic heterocycles. The predicted molar refractivity (Wildman–Crippen MR) is 57.1 cm³/mol. The molecule has 4 aliphatic carbocycles. The van der Waals surface area contributed by atoms with Crippen molar-refractivity contribution in [2.24, 2.45) is 17.8 Å². The number of hydrogen-bond acceptors (Lipinski definition) is 1. The quantitative estimate of drug-likeness (QED) is 0.581. The first-order valence-corrected chi connectivity index (χ1v) is 5.58. The zero-order valence-corrected chi connectivity index (χ0v) is 8.30. The van der Waals surface area contributed by atoms with Gasteiger partial charge < -0.3 is 0 Å². The van der Waals surface area contributed by atoms with E-state index in [0.29, 0.717) is 29.6 Å². The molecule has 1 nitrogen and oxygen atoms in total. The van der Waals surface area contributed by atoms with E-state index in [1.807, 2.05) is 0 Å². The molecule has 0 amide bonds. The van der Waals surface area contributed by atoms with Gasteiger partial charge in [0.05, 0.1) is 12.0 Å². The van der Waals surface area contributed by atoms with E-state index in [4.69, 9.17) is 5.26 Å². The fraction of sp³-hybridized carbons (Fsp3) is 0.357. The van der Waals surface area contributed by atoms with Crippen LogP contribution in [0.3, 0.4) is 0 Å². The molecular weight excluding hydrogens is 182 g/mol. The van der Waals surface area contributed by atoms with Crippen molar-refractivity contribution in [3.05, 3.63) is 47.5 Å². The minimum Gasteiger partial charge on any atom is -0.198 e. The van der Waals surface area contributed by atoms with Crippen molar-refractivity contribution in [2.75, 3.05) is 0 Å². The van der Waals surface area contributed by atoms with Crippen molar-refractivity contribution in [2.45, 2.75) is 11.8 Å². The third kappa shape index (κ3) is 0.754. The van der Waals surface area contributed by atoms with Crippen molar-refractivity contribution in [1.29, 1.82) is 5.26 Å². The van der Waals surface area contributed by atoms with Gasteiger partial charge >= 0.3 is 0 Å². The molecule has 0 spiro atoms. The van der Waals surface area contributed by atoms with Gasteiger partial charge in [-0.3, -0.25) is 0 Å². The molecule has 0 saturated heterocycles. The Morgan fingerprint density at radius 3 is 1.93 bits per heavy atom. The minimum atomic E-state index is 0.308. The number of nitriles is 1. The molecule has 5 rings (SSSR count). The highest BCUT2D eigenvalue weighted by molar-refractivity contribution is 5.50. The molecule has 2 bridgehead atoms. The molecule has 1 unspecified atom stereocenters. The zero-order chi connectivity index (χ0) is 9.99. The molecule has 72 valence electrons. The molecule has 1 aromatic rings. The summed E-state index contributed by atoms with van der Waals surface area (Å²) in [6.07, 6.45) is 4.65. The number of hydrogen-bond donors (Lipinski definition) is 0. The topological polar surface area (TPSA) is 23.8 Å². The second kappa shape index (κ2) is 2.33. The fourth-order valence-corrected chi connectivity index (χ4v) is 3.69. The van der Waals surface area contributed by atoms with Gasteiger partial charge in [-0.25, -0.2) is 0 Å². The van der Waals surface area contributed by atoms with Gasteiger partial charge in [0.2, 0.25) is 0 Å². The normalized spacial score (nSPS) is 43.0.